The molecule has 6 nitrogen and oxygen atoms in total. The molecule has 19 heavy (non-hydrogen) atoms. The monoisotopic (exact) mass is 268 g/mol. The first-order chi connectivity index (χ1) is 8.89. The lowest BCUT2D eigenvalue weighted by molar-refractivity contribution is 0.00505. The van der Waals surface area contributed by atoms with E-state index in [4.69, 9.17) is 15.2 Å². The number of aromatic nitrogens is 1. The highest BCUT2D eigenvalue weighted by Gasteiger charge is 2.17. The smallest absolute Gasteiger partial charge is 0.340 e. The summed E-state index contributed by atoms with van der Waals surface area (Å²) in [6.07, 6.45) is 2.08. The van der Waals surface area contributed by atoms with Crippen molar-refractivity contribution in [1.29, 1.82) is 0 Å². The zero-order valence-corrected chi connectivity index (χ0v) is 11.7. The van der Waals surface area contributed by atoms with Gasteiger partial charge in [-0.1, -0.05) is 0 Å². The van der Waals surface area contributed by atoms with E-state index in [9.17, 15) is 4.79 Å². The SMILES string of the molecule is COC(=O)c1cc(OCCC(C)(C)OC)ncc1N. The average molecular weight is 268 g/mol. The topological polar surface area (TPSA) is 83.7 Å². The second kappa shape index (κ2) is 6.38. The Hall–Kier alpha value is -1.82. The number of esters is 1. The second-order valence-electron chi connectivity index (χ2n) is 4.66. The van der Waals surface area contributed by atoms with Crippen LogP contribution in [-0.4, -0.2) is 37.4 Å². The van der Waals surface area contributed by atoms with Crippen LogP contribution in [-0.2, 0) is 9.47 Å². The van der Waals surface area contributed by atoms with E-state index in [2.05, 4.69) is 9.72 Å². The molecule has 1 aromatic heterocycles. The van der Waals surface area contributed by atoms with Crippen LogP contribution in [0.1, 0.15) is 30.6 Å². The minimum atomic E-state index is -0.512. The number of pyridine rings is 1. The largest absolute Gasteiger partial charge is 0.478 e. The van der Waals surface area contributed by atoms with Gasteiger partial charge in [0.1, 0.15) is 0 Å². The number of anilines is 1. The van der Waals surface area contributed by atoms with Crippen LogP contribution in [0.4, 0.5) is 5.69 Å². The highest BCUT2D eigenvalue weighted by Crippen LogP contribution is 2.19. The number of nitrogens with zero attached hydrogens (tertiary/aromatic N) is 1. The van der Waals surface area contributed by atoms with Gasteiger partial charge in [-0.25, -0.2) is 9.78 Å². The number of hydrogen-bond donors (Lipinski definition) is 1. The molecule has 0 saturated heterocycles. The van der Waals surface area contributed by atoms with Crippen LogP contribution in [0.3, 0.4) is 0 Å². The Kier molecular flexibility index (Phi) is 5.11. The Bertz CT molecular complexity index is 446. The molecule has 0 spiro atoms. The Labute approximate surface area is 112 Å². The van der Waals surface area contributed by atoms with Gasteiger partial charge in [-0.15, -0.1) is 0 Å². The van der Waals surface area contributed by atoms with E-state index in [-0.39, 0.29) is 16.9 Å². The molecule has 0 fully saturated rings. The maximum Gasteiger partial charge on any atom is 0.340 e. The van der Waals surface area contributed by atoms with Crippen molar-refractivity contribution in [2.24, 2.45) is 0 Å². The summed E-state index contributed by atoms with van der Waals surface area (Å²) < 4.78 is 15.4. The fourth-order valence-corrected chi connectivity index (χ4v) is 1.32. The molecule has 0 aliphatic carbocycles. The summed E-state index contributed by atoms with van der Waals surface area (Å²) in [7, 11) is 2.95. The Morgan fingerprint density at radius 1 is 1.42 bits per heavy atom. The summed E-state index contributed by atoms with van der Waals surface area (Å²) in [5.74, 6) is -0.177. The lowest BCUT2D eigenvalue weighted by Crippen LogP contribution is -2.25. The van der Waals surface area contributed by atoms with Crippen LogP contribution in [0, 0.1) is 0 Å². The van der Waals surface area contributed by atoms with E-state index in [0.717, 1.165) is 0 Å². The minimum Gasteiger partial charge on any atom is -0.478 e. The van der Waals surface area contributed by atoms with Gasteiger partial charge in [0, 0.05) is 19.6 Å². The zero-order valence-electron chi connectivity index (χ0n) is 11.7. The molecule has 0 aromatic carbocycles. The third kappa shape index (κ3) is 4.40. The molecular weight excluding hydrogens is 248 g/mol. The quantitative estimate of drug-likeness (QED) is 0.790. The van der Waals surface area contributed by atoms with Crippen molar-refractivity contribution in [3.05, 3.63) is 17.8 Å². The first-order valence-corrected chi connectivity index (χ1v) is 5.91. The van der Waals surface area contributed by atoms with Crippen LogP contribution < -0.4 is 10.5 Å². The van der Waals surface area contributed by atoms with E-state index >= 15 is 0 Å². The van der Waals surface area contributed by atoms with Crippen LogP contribution in [0.2, 0.25) is 0 Å². The van der Waals surface area contributed by atoms with E-state index in [1.165, 1.54) is 19.4 Å². The molecule has 0 atom stereocenters. The number of carbonyl (C=O) groups is 1. The fourth-order valence-electron chi connectivity index (χ4n) is 1.32. The van der Waals surface area contributed by atoms with Crippen molar-refractivity contribution in [1.82, 2.24) is 4.98 Å². The highest BCUT2D eigenvalue weighted by atomic mass is 16.5. The van der Waals surface area contributed by atoms with Crippen LogP contribution in [0.5, 0.6) is 5.88 Å². The molecule has 0 bridgehead atoms. The highest BCUT2D eigenvalue weighted by molar-refractivity contribution is 5.95. The molecule has 1 aromatic rings. The number of carbonyl (C=O) groups excluding carboxylic acids is 1. The van der Waals surface area contributed by atoms with E-state index in [0.29, 0.717) is 18.9 Å². The maximum atomic E-state index is 11.5. The Morgan fingerprint density at radius 2 is 2.11 bits per heavy atom. The van der Waals surface area contributed by atoms with Gasteiger partial charge in [-0.2, -0.15) is 0 Å². The number of nitrogen functional groups attached to an aromatic ring is 1. The number of hydrogen-bond acceptors (Lipinski definition) is 6. The molecule has 0 amide bonds. The van der Waals surface area contributed by atoms with Gasteiger partial charge in [0.2, 0.25) is 5.88 Å². The van der Waals surface area contributed by atoms with Gasteiger partial charge in [0.25, 0.3) is 0 Å². The second-order valence-corrected chi connectivity index (χ2v) is 4.66. The van der Waals surface area contributed by atoms with E-state index < -0.39 is 5.97 Å². The summed E-state index contributed by atoms with van der Waals surface area (Å²) in [5.41, 5.74) is 5.89. The van der Waals surface area contributed by atoms with Gasteiger partial charge in [-0.05, 0) is 13.8 Å². The predicted molar refractivity (Wildman–Crippen MR) is 71.2 cm³/mol. The molecular formula is C13H20N2O4. The first-order valence-electron chi connectivity index (χ1n) is 5.91. The number of rotatable bonds is 6. The molecule has 1 heterocycles. The van der Waals surface area contributed by atoms with E-state index in [1.54, 1.807) is 7.11 Å². The van der Waals surface area contributed by atoms with Crippen molar-refractivity contribution in [2.45, 2.75) is 25.9 Å². The fraction of sp³-hybridized carbons (Fsp3) is 0.538. The number of methoxy groups -OCH3 is 2. The van der Waals surface area contributed by atoms with Crippen molar-refractivity contribution < 1.29 is 19.0 Å². The van der Waals surface area contributed by atoms with Crippen LogP contribution in [0.25, 0.3) is 0 Å². The molecule has 0 aliphatic rings. The molecule has 0 saturated carbocycles. The number of ether oxygens (including phenoxy) is 3. The molecule has 106 valence electrons. The predicted octanol–water partition coefficient (Wildman–Crippen LogP) is 1.64. The van der Waals surface area contributed by atoms with E-state index in [1.807, 2.05) is 13.8 Å². The maximum absolute atomic E-state index is 11.5. The summed E-state index contributed by atoms with van der Waals surface area (Å²) in [4.78, 5) is 15.5. The first kappa shape index (κ1) is 15.2. The average Bonchev–Trinajstić information content (AvgIpc) is 2.39. The Morgan fingerprint density at radius 3 is 2.68 bits per heavy atom. The zero-order chi connectivity index (χ0) is 14.5. The van der Waals surface area contributed by atoms with Gasteiger partial charge >= 0.3 is 5.97 Å². The van der Waals surface area contributed by atoms with Gasteiger partial charge in [-0.3, -0.25) is 0 Å². The van der Waals surface area contributed by atoms with Gasteiger partial charge in [0.05, 0.1) is 36.8 Å². The third-order valence-electron chi connectivity index (χ3n) is 2.82. The summed E-state index contributed by atoms with van der Waals surface area (Å²) in [5, 5.41) is 0. The molecule has 0 aliphatic heterocycles. The van der Waals surface area contributed by atoms with Crippen LogP contribution in [0.15, 0.2) is 12.3 Å². The van der Waals surface area contributed by atoms with Crippen molar-refractivity contribution in [3.8, 4) is 5.88 Å². The Balaban J connectivity index is 2.68. The summed E-state index contributed by atoms with van der Waals surface area (Å²) >= 11 is 0. The van der Waals surface area contributed by atoms with Crippen molar-refractivity contribution in [3.63, 3.8) is 0 Å². The lowest BCUT2D eigenvalue weighted by atomic mass is 10.1. The van der Waals surface area contributed by atoms with Crippen molar-refractivity contribution >= 4 is 11.7 Å². The summed E-state index contributed by atoms with van der Waals surface area (Å²) in [6.45, 7) is 4.36. The molecule has 0 radical (unpaired) electrons. The standard InChI is InChI=1S/C13H20N2O4/c1-13(2,18-4)5-6-19-11-7-9(12(16)17-3)10(14)8-15-11/h7-8H,5-6,14H2,1-4H3. The van der Waals surface area contributed by atoms with Gasteiger partial charge < -0.3 is 19.9 Å². The summed E-state index contributed by atoms with van der Waals surface area (Å²) in [6, 6.07) is 1.47. The normalized spacial score (nSPS) is 11.2. The molecule has 6 heteroatoms. The van der Waals surface area contributed by atoms with Crippen LogP contribution >= 0.6 is 0 Å². The number of nitrogens with two attached hydrogens (primary N) is 1. The van der Waals surface area contributed by atoms with Gasteiger partial charge in [0.15, 0.2) is 0 Å². The lowest BCUT2D eigenvalue weighted by Gasteiger charge is -2.22. The molecule has 1 rings (SSSR count). The minimum absolute atomic E-state index is 0.249. The van der Waals surface area contributed by atoms with Crippen molar-refractivity contribution in [2.75, 3.05) is 26.6 Å². The molecule has 0 unspecified atom stereocenters. The third-order valence-corrected chi connectivity index (χ3v) is 2.82. The molecule has 2 N–H and O–H groups in total.